The van der Waals surface area contributed by atoms with Crippen LogP contribution in [0, 0.1) is 11.3 Å². The van der Waals surface area contributed by atoms with Crippen molar-refractivity contribution in [2.45, 2.75) is 12.5 Å². The van der Waals surface area contributed by atoms with Crippen LogP contribution in [-0.2, 0) is 4.79 Å². The first kappa shape index (κ1) is 16.6. The van der Waals surface area contributed by atoms with E-state index in [1.807, 2.05) is 41.3 Å². The van der Waals surface area contributed by atoms with Gasteiger partial charge in [-0.05, 0) is 30.7 Å². The molecule has 6 heteroatoms. The molecular formula is C20H21N5O. The summed E-state index contributed by atoms with van der Waals surface area (Å²) in [7, 11) is 0. The molecule has 1 atom stereocenters. The number of pyridine rings is 1. The standard InChI is InChI=1S/C20H21N5O/c21-14-16-6-7-19(22-15-16)24-12-10-23(11-13-24)18-8-9-25(20(18)26)17-4-2-1-3-5-17/h1-7,15,18H,8-13H2. The Morgan fingerprint density at radius 1 is 1.00 bits per heavy atom. The van der Waals surface area contributed by atoms with Gasteiger partial charge in [0.15, 0.2) is 0 Å². The van der Waals surface area contributed by atoms with Gasteiger partial charge in [0.05, 0.1) is 11.6 Å². The van der Waals surface area contributed by atoms with Crippen LogP contribution in [0.2, 0.25) is 0 Å². The van der Waals surface area contributed by atoms with Crippen LogP contribution in [0.4, 0.5) is 11.5 Å². The van der Waals surface area contributed by atoms with E-state index in [4.69, 9.17) is 5.26 Å². The van der Waals surface area contributed by atoms with E-state index >= 15 is 0 Å². The number of hydrogen-bond donors (Lipinski definition) is 0. The second kappa shape index (κ2) is 7.14. The molecule has 6 nitrogen and oxygen atoms in total. The van der Waals surface area contributed by atoms with Crippen LogP contribution in [0.15, 0.2) is 48.7 Å². The van der Waals surface area contributed by atoms with Gasteiger partial charge in [0.1, 0.15) is 11.9 Å². The Balaban J connectivity index is 1.37. The van der Waals surface area contributed by atoms with Gasteiger partial charge in [0.25, 0.3) is 0 Å². The van der Waals surface area contributed by atoms with Crippen molar-refractivity contribution in [1.82, 2.24) is 9.88 Å². The summed E-state index contributed by atoms with van der Waals surface area (Å²) in [6.07, 6.45) is 2.49. The lowest BCUT2D eigenvalue weighted by molar-refractivity contribution is -0.121. The quantitative estimate of drug-likeness (QED) is 0.848. The van der Waals surface area contributed by atoms with E-state index in [0.717, 1.165) is 50.6 Å². The van der Waals surface area contributed by atoms with Gasteiger partial charge < -0.3 is 9.80 Å². The molecule has 0 saturated carbocycles. The Labute approximate surface area is 153 Å². The molecule has 132 valence electrons. The number of carbonyl (C=O) groups is 1. The van der Waals surface area contributed by atoms with E-state index in [9.17, 15) is 4.79 Å². The number of hydrogen-bond acceptors (Lipinski definition) is 5. The van der Waals surface area contributed by atoms with Gasteiger partial charge in [-0.1, -0.05) is 18.2 Å². The molecule has 3 heterocycles. The van der Waals surface area contributed by atoms with E-state index in [-0.39, 0.29) is 11.9 Å². The lowest BCUT2D eigenvalue weighted by Gasteiger charge is -2.37. The van der Waals surface area contributed by atoms with E-state index in [1.165, 1.54) is 0 Å². The number of para-hydroxylation sites is 1. The summed E-state index contributed by atoms with van der Waals surface area (Å²) in [5.74, 6) is 1.11. The molecule has 0 bridgehead atoms. The maximum Gasteiger partial charge on any atom is 0.244 e. The van der Waals surface area contributed by atoms with Crippen molar-refractivity contribution in [2.24, 2.45) is 0 Å². The number of carbonyl (C=O) groups excluding carboxylic acids is 1. The third-order valence-electron chi connectivity index (χ3n) is 5.20. The second-order valence-corrected chi connectivity index (χ2v) is 6.67. The molecular weight excluding hydrogens is 326 g/mol. The number of nitrogens with zero attached hydrogens (tertiary/aromatic N) is 5. The molecule has 1 unspecified atom stereocenters. The summed E-state index contributed by atoms with van der Waals surface area (Å²) >= 11 is 0. The molecule has 0 spiro atoms. The maximum absolute atomic E-state index is 12.9. The van der Waals surface area contributed by atoms with Crippen molar-refractivity contribution < 1.29 is 4.79 Å². The summed E-state index contributed by atoms with van der Waals surface area (Å²) in [6.45, 7) is 4.16. The van der Waals surface area contributed by atoms with Crippen molar-refractivity contribution in [3.05, 3.63) is 54.2 Å². The van der Waals surface area contributed by atoms with Gasteiger partial charge in [-0.25, -0.2) is 4.98 Å². The monoisotopic (exact) mass is 347 g/mol. The highest BCUT2D eigenvalue weighted by Crippen LogP contribution is 2.25. The third-order valence-corrected chi connectivity index (χ3v) is 5.20. The molecule has 26 heavy (non-hydrogen) atoms. The van der Waals surface area contributed by atoms with Crippen LogP contribution in [0.25, 0.3) is 0 Å². The molecule has 2 aliphatic rings. The molecule has 1 amide bonds. The predicted octanol–water partition coefficient (Wildman–Crippen LogP) is 1.88. The van der Waals surface area contributed by atoms with Crippen molar-refractivity contribution in [3.8, 4) is 6.07 Å². The lowest BCUT2D eigenvalue weighted by atomic mass is 10.1. The SMILES string of the molecule is N#Cc1ccc(N2CCN(C3CCN(c4ccccc4)C3=O)CC2)nc1. The number of benzene rings is 1. The number of anilines is 2. The summed E-state index contributed by atoms with van der Waals surface area (Å²) in [6, 6.07) is 15.7. The van der Waals surface area contributed by atoms with Crippen molar-refractivity contribution in [1.29, 1.82) is 5.26 Å². The summed E-state index contributed by atoms with van der Waals surface area (Å²) in [4.78, 5) is 23.6. The molecule has 2 fully saturated rings. The minimum absolute atomic E-state index is 0.0220. The fourth-order valence-electron chi connectivity index (χ4n) is 3.77. The predicted molar refractivity (Wildman–Crippen MR) is 99.9 cm³/mol. The van der Waals surface area contributed by atoms with E-state index in [0.29, 0.717) is 5.56 Å². The highest BCUT2D eigenvalue weighted by Gasteiger charge is 2.37. The van der Waals surface area contributed by atoms with Gasteiger partial charge in [-0.3, -0.25) is 9.69 Å². The zero-order chi connectivity index (χ0) is 17.9. The smallest absolute Gasteiger partial charge is 0.244 e. The van der Waals surface area contributed by atoms with Crippen molar-refractivity contribution in [3.63, 3.8) is 0 Å². The number of piperazine rings is 1. The highest BCUT2D eigenvalue weighted by atomic mass is 16.2. The zero-order valence-electron chi connectivity index (χ0n) is 14.6. The minimum Gasteiger partial charge on any atom is -0.354 e. The van der Waals surface area contributed by atoms with Gasteiger partial charge in [0.2, 0.25) is 5.91 Å². The maximum atomic E-state index is 12.9. The first-order valence-corrected chi connectivity index (χ1v) is 8.98. The first-order chi connectivity index (χ1) is 12.8. The van der Waals surface area contributed by atoms with Gasteiger partial charge in [0, 0.05) is 44.6 Å². The Bertz CT molecular complexity index is 806. The van der Waals surface area contributed by atoms with Crippen LogP contribution in [0.3, 0.4) is 0 Å². The third kappa shape index (κ3) is 3.14. The van der Waals surface area contributed by atoms with E-state index in [2.05, 4.69) is 20.9 Å². The number of nitriles is 1. The van der Waals surface area contributed by atoms with Gasteiger partial charge in [-0.15, -0.1) is 0 Å². The van der Waals surface area contributed by atoms with Crippen LogP contribution >= 0.6 is 0 Å². The van der Waals surface area contributed by atoms with Crippen molar-refractivity contribution in [2.75, 3.05) is 42.5 Å². The first-order valence-electron chi connectivity index (χ1n) is 8.98. The largest absolute Gasteiger partial charge is 0.354 e. The summed E-state index contributed by atoms with van der Waals surface area (Å²) in [5, 5.41) is 8.88. The Morgan fingerprint density at radius 2 is 1.77 bits per heavy atom. The van der Waals surface area contributed by atoms with Crippen LogP contribution in [-0.4, -0.2) is 54.6 Å². The second-order valence-electron chi connectivity index (χ2n) is 6.67. The fraction of sp³-hybridized carbons (Fsp3) is 0.350. The average Bonchev–Trinajstić information content (AvgIpc) is 3.10. The zero-order valence-corrected chi connectivity index (χ0v) is 14.6. The molecule has 0 radical (unpaired) electrons. The minimum atomic E-state index is -0.0220. The highest BCUT2D eigenvalue weighted by molar-refractivity contribution is 5.99. The lowest BCUT2D eigenvalue weighted by Crippen LogP contribution is -2.52. The number of aromatic nitrogens is 1. The Kier molecular flexibility index (Phi) is 4.55. The van der Waals surface area contributed by atoms with Gasteiger partial charge >= 0.3 is 0 Å². The Morgan fingerprint density at radius 3 is 2.42 bits per heavy atom. The molecule has 0 aliphatic carbocycles. The molecule has 1 aromatic heterocycles. The molecule has 2 saturated heterocycles. The van der Waals surface area contributed by atoms with Crippen molar-refractivity contribution >= 4 is 17.4 Å². The molecule has 0 N–H and O–H groups in total. The molecule has 2 aromatic rings. The van der Waals surface area contributed by atoms with Crippen LogP contribution in [0.5, 0.6) is 0 Å². The van der Waals surface area contributed by atoms with E-state index in [1.54, 1.807) is 12.3 Å². The van der Waals surface area contributed by atoms with Gasteiger partial charge in [-0.2, -0.15) is 5.26 Å². The molecule has 1 aromatic carbocycles. The molecule has 4 rings (SSSR count). The Hall–Kier alpha value is -2.91. The van der Waals surface area contributed by atoms with E-state index < -0.39 is 0 Å². The number of amides is 1. The fourth-order valence-corrected chi connectivity index (χ4v) is 3.77. The summed E-state index contributed by atoms with van der Waals surface area (Å²) in [5.41, 5.74) is 1.56. The van der Waals surface area contributed by atoms with Crippen LogP contribution in [0.1, 0.15) is 12.0 Å². The molecule has 2 aliphatic heterocycles. The normalized spacial score (nSPS) is 21.0. The topological polar surface area (TPSA) is 63.5 Å². The summed E-state index contributed by atoms with van der Waals surface area (Å²) < 4.78 is 0. The van der Waals surface area contributed by atoms with Crippen LogP contribution < -0.4 is 9.80 Å². The number of rotatable bonds is 3. The average molecular weight is 347 g/mol.